The summed E-state index contributed by atoms with van der Waals surface area (Å²) >= 11 is 0. The van der Waals surface area contributed by atoms with Crippen LogP contribution >= 0.6 is 7.60 Å². The van der Waals surface area contributed by atoms with Crippen molar-refractivity contribution in [3.05, 3.63) is 35.9 Å². The van der Waals surface area contributed by atoms with Gasteiger partial charge in [-0.15, -0.1) is 0 Å². The molecule has 0 aliphatic rings. The van der Waals surface area contributed by atoms with Gasteiger partial charge in [0, 0.05) is 5.56 Å². The first-order valence-electron chi connectivity index (χ1n) is 6.99. The van der Waals surface area contributed by atoms with E-state index in [1.165, 1.54) is 0 Å². The normalized spacial score (nSPS) is 13.2. The number of ketones is 1. The number of benzene rings is 1. The largest absolute Gasteiger partial charge is 0.351 e. The number of rotatable bonds is 7. The van der Waals surface area contributed by atoms with Gasteiger partial charge in [0.15, 0.2) is 22.4 Å². The number of carbonyl (C=O) groups excluding carboxylic acids is 1. The molecular weight excluding hydrogens is 319 g/mol. The van der Waals surface area contributed by atoms with Crippen molar-refractivity contribution in [2.45, 2.75) is 39.3 Å². The molecule has 1 aromatic carbocycles. The Morgan fingerprint density at radius 1 is 0.952 bits per heavy atom. The highest BCUT2D eigenvalue weighted by Crippen LogP contribution is 2.53. The van der Waals surface area contributed by atoms with Crippen LogP contribution in [-0.2, 0) is 13.0 Å². The maximum Gasteiger partial charge on any atom is 0.319 e. The van der Waals surface area contributed by atoms with E-state index in [0.29, 0.717) is 5.56 Å². The molecule has 1 aromatic rings. The van der Waals surface area contributed by atoms with E-state index in [0.717, 1.165) is 0 Å². The summed E-state index contributed by atoms with van der Waals surface area (Å²) in [7, 11) is -7.57. The lowest BCUT2D eigenvalue weighted by Crippen LogP contribution is -2.31. The summed E-state index contributed by atoms with van der Waals surface area (Å²) in [6.45, 7) is 11.7. The van der Waals surface area contributed by atoms with Crippen LogP contribution in [0.2, 0.25) is 39.3 Å². The molecular formula is C14H25O4PSi2. The molecule has 0 fully saturated rings. The van der Waals surface area contributed by atoms with E-state index in [9.17, 15) is 9.36 Å². The van der Waals surface area contributed by atoms with Gasteiger partial charge in [0.25, 0.3) is 0 Å². The highest BCUT2D eigenvalue weighted by molar-refractivity contribution is 7.58. The smallest absolute Gasteiger partial charge is 0.319 e. The van der Waals surface area contributed by atoms with E-state index >= 15 is 0 Å². The standard InChI is InChI=1S/C14H25O4PSi2/c1-20(2,3)17-19(16,18-21(4,5)6)12-14(15)13-10-8-7-9-11-13/h7-11H,12H2,1-6H3. The van der Waals surface area contributed by atoms with Gasteiger partial charge >= 0.3 is 7.60 Å². The zero-order chi connectivity index (χ0) is 16.3. The van der Waals surface area contributed by atoms with Gasteiger partial charge < -0.3 is 8.43 Å². The zero-order valence-corrected chi connectivity index (χ0v) is 16.6. The molecule has 0 saturated heterocycles. The molecule has 0 N–H and O–H groups in total. The second-order valence-electron chi connectivity index (χ2n) is 6.97. The third-order valence-electron chi connectivity index (χ3n) is 2.26. The van der Waals surface area contributed by atoms with Crippen LogP contribution in [0.3, 0.4) is 0 Å². The Balaban J connectivity index is 2.98. The van der Waals surface area contributed by atoms with Crippen molar-refractivity contribution in [1.29, 1.82) is 0 Å². The van der Waals surface area contributed by atoms with E-state index < -0.39 is 24.2 Å². The Labute approximate surface area is 129 Å². The minimum absolute atomic E-state index is 0.189. The summed E-state index contributed by atoms with van der Waals surface area (Å²) in [5.74, 6) is -0.199. The molecule has 0 spiro atoms. The van der Waals surface area contributed by atoms with E-state index in [1.54, 1.807) is 24.3 Å². The molecule has 0 radical (unpaired) electrons. The highest BCUT2D eigenvalue weighted by atomic mass is 31.2. The first-order chi connectivity index (χ1) is 9.40. The SMILES string of the molecule is C[Si](C)(C)OP(=O)(CC(=O)c1ccccc1)O[Si](C)(C)C. The van der Waals surface area contributed by atoms with Crippen LogP contribution < -0.4 is 0 Å². The van der Waals surface area contributed by atoms with Crippen LogP contribution in [0.25, 0.3) is 0 Å². The minimum Gasteiger partial charge on any atom is -0.351 e. The molecule has 0 atom stereocenters. The van der Waals surface area contributed by atoms with Crippen LogP contribution in [0.15, 0.2) is 30.3 Å². The summed E-state index contributed by atoms with van der Waals surface area (Å²) in [4.78, 5) is 12.3. The zero-order valence-electron chi connectivity index (χ0n) is 13.7. The number of hydrogen-bond donors (Lipinski definition) is 0. The van der Waals surface area contributed by atoms with E-state index in [4.69, 9.17) is 8.43 Å². The predicted molar refractivity (Wildman–Crippen MR) is 92.1 cm³/mol. The first kappa shape index (κ1) is 18.5. The van der Waals surface area contributed by atoms with E-state index in [2.05, 4.69) is 0 Å². The summed E-state index contributed by atoms with van der Waals surface area (Å²) in [6, 6.07) is 8.85. The molecule has 0 aromatic heterocycles. The molecule has 118 valence electrons. The van der Waals surface area contributed by atoms with Gasteiger partial charge in [0.05, 0.1) is 0 Å². The molecule has 0 bridgehead atoms. The Morgan fingerprint density at radius 2 is 1.38 bits per heavy atom. The van der Waals surface area contributed by atoms with Crippen molar-refractivity contribution in [2.75, 3.05) is 6.16 Å². The Bertz CT molecular complexity index is 512. The van der Waals surface area contributed by atoms with Crippen LogP contribution in [0, 0.1) is 0 Å². The van der Waals surface area contributed by atoms with Crippen LogP contribution in [0.1, 0.15) is 10.4 Å². The Morgan fingerprint density at radius 3 is 1.76 bits per heavy atom. The molecule has 21 heavy (non-hydrogen) atoms. The third-order valence-corrected chi connectivity index (χ3v) is 9.54. The predicted octanol–water partition coefficient (Wildman–Crippen LogP) is 4.77. The first-order valence-corrected chi connectivity index (χ1v) is 15.5. The van der Waals surface area contributed by atoms with Crippen molar-refractivity contribution in [3.63, 3.8) is 0 Å². The third kappa shape index (κ3) is 7.33. The van der Waals surface area contributed by atoms with Gasteiger partial charge in [-0.3, -0.25) is 9.36 Å². The van der Waals surface area contributed by atoms with Gasteiger partial charge in [0.1, 0.15) is 6.16 Å². The quantitative estimate of drug-likeness (QED) is 0.406. The van der Waals surface area contributed by atoms with E-state index in [-0.39, 0.29) is 11.9 Å². The number of Topliss-reactive ketones (excluding diaryl/α,β-unsaturated/α-hetero) is 1. The molecule has 7 heteroatoms. The van der Waals surface area contributed by atoms with Gasteiger partial charge in [0.2, 0.25) is 0 Å². The van der Waals surface area contributed by atoms with Crippen molar-refractivity contribution < 1.29 is 17.8 Å². The highest BCUT2D eigenvalue weighted by Gasteiger charge is 2.38. The lowest BCUT2D eigenvalue weighted by molar-refractivity contribution is 0.101. The molecule has 0 saturated carbocycles. The average Bonchev–Trinajstić information content (AvgIpc) is 2.24. The van der Waals surface area contributed by atoms with Crippen molar-refractivity contribution >= 4 is 30.0 Å². The topological polar surface area (TPSA) is 52.6 Å². The molecule has 0 unspecified atom stereocenters. The molecule has 0 heterocycles. The van der Waals surface area contributed by atoms with Crippen molar-refractivity contribution in [2.24, 2.45) is 0 Å². The van der Waals surface area contributed by atoms with Crippen molar-refractivity contribution in [1.82, 2.24) is 0 Å². The van der Waals surface area contributed by atoms with Crippen LogP contribution in [0.4, 0.5) is 0 Å². The van der Waals surface area contributed by atoms with Crippen LogP contribution in [-0.4, -0.2) is 28.6 Å². The van der Waals surface area contributed by atoms with Gasteiger partial charge in [-0.05, 0) is 39.3 Å². The molecule has 0 aliphatic carbocycles. The molecule has 4 nitrogen and oxygen atoms in total. The second-order valence-corrected chi connectivity index (χ2v) is 18.4. The minimum atomic E-state index is -3.41. The Kier molecular flexibility index (Phi) is 5.92. The monoisotopic (exact) mass is 344 g/mol. The fourth-order valence-electron chi connectivity index (χ4n) is 1.81. The average molecular weight is 344 g/mol. The summed E-state index contributed by atoms with van der Waals surface area (Å²) in [5.41, 5.74) is 0.538. The van der Waals surface area contributed by atoms with Gasteiger partial charge in [-0.2, -0.15) is 0 Å². The molecule has 1 rings (SSSR count). The fraction of sp³-hybridized carbons (Fsp3) is 0.500. The molecule has 0 aliphatic heterocycles. The summed E-state index contributed by atoms with van der Waals surface area (Å²) < 4.78 is 24.6. The number of carbonyl (C=O) groups is 1. The maximum absolute atomic E-state index is 13.0. The van der Waals surface area contributed by atoms with Gasteiger partial charge in [-0.1, -0.05) is 30.3 Å². The lowest BCUT2D eigenvalue weighted by atomic mass is 10.2. The molecule has 0 amide bonds. The van der Waals surface area contributed by atoms with Gasteiger partial charge in [-0.25, -0.2) is 0 Å². The summed E-state index contributed by atoms with van der Waals surface area (Å²) in [6.07, 6.45) is -0.189. The maximum atomic E-state index is 13.0. The van der Waals surface area contributed by atoms with Crippen LogP contribution in [0.5, 0.6) is 0 Å². The van der Waals surface area contributed by atoms with Crippen molar-refractivity contribution in [3.8, 4) is 0 Å². The summed E-state index contributed by atoms with van der Waals surface area (Å²) in [5, 5.41) is 0. The number of hydrogen-bond acceptors (Lipinski definition) is 4. The second kappa shape index (κ2) is 6.71. The fourth-order valence-corrected chi connectivity index (χ4v) is 10.0. The lowest BCUT2D eigenvalue weighted by Gasteiger charge is -2.30. The Hall–Kier alpha value is -0.526. The van der Waals surface area contributed by atoms with E-state index in [1.807, 2.05) is 45.3 Å².